The minimum Gasteiger partial charge on any atom is -0.392 e. The molecule has 2 unspecified atom stereocenters. The molecule has 1 spiro atoms. The van der Waals surface area contributed by atoms with Crippen LogP contribution in [0.1, 0.15) is 49.0 Å². The first-order valence-corrected chi connectivity index (χ1v) is 8.95. The molecule has 4 rings (SSSR count). The molecule has 5 nitrogen and oxygen atoms in total. The lowest BCUT2D eigenvalue weighted by atomic mass is 9.60. The fourth-order valence-electron chi connectivity index (χ4n) is 4.66. The Morgan fingerprint density at radius 2 is 2.21 bits per heavy atom. The molecule has 1 aromatic carbocycles. The smallest absolute Gasteiger partial charge is 0.0996 e. The van der Waals surface area contributed by atoms with Gasteiger partial charge in [-0.3, -0.25) is 4.68 Å². The number of aliphatic hydroxyl groups excluding tert-OH is 1. The summed E-state index contributed by atoms with van der Waals surface area (Å²) in [6.07, 6.45) is 5.03. The fraction of sp³-hybridized carbons (Fsp3) is 0.556. The van der Waals surface area contributed by atoms with E-state index in [0.717, 1.165) is 36.4 Å². The summed E-state index contributed by atoms with van der Waals surface area (Å²) in [6.45, 7) is 2.18. The highest BCUT2D eigenvalue weighted by atomic mass is 35.5. The van der Waals surface area contributed by atoms with Gasteiger partial charge in [-0.05, 0) is 55.9 Å². The molecule has 1 aromatic heterocycles. The number of fused-ring (bicyclic) bond motifs is 2. The number of aliphatic hydroxyl groups is 1. The zero-order chi connectivity index (χ0) is 16.9. The minimum absolute atomic E-state index is 0.0960. The number of piperidine rings is 1. The molecule has 2 N–H and O–H groups in total. The number of aromatic nitrogens is 3. The van der Waals surface area contributed by atoms with Crippen LogP contribution in [0.25, 0.3) is 0 Å². The molecular formula is C18H23ClN4O. The molecule has 0 amide bonds. The first-order valence-electron chi connectivity index (χ1n) is 8.57. The maximum absolute atomic E-state index is 11.0. The van der Waals surface area contributed by atoms with E-state index in [1.807, 2.05) is 19.3 Å². The molecule has 1 fully saturated rings. The number of rotatable bonds is 1. The van der Waals surface area contributed by atoms with Crippen molar-refractivity contribution >= 4 is 11.6 Å². The second kappa shape index (κ2) is 5.83. The highest BCUT2D eigenvalue weighted by Gasteiger charge is 2.49. The number of hydrogen-bond donors (Lipinski definition) is 2. The zero-order valence-corrected chi connectivity index (χ0v) is 14.8. The van der Waals surface area contributed by atoms with Crippen molar-refractivity contribution in [2.24, 2.45) is 7.05 Å². The van der Waals surface area contributed by atoms with E-state index in [4.69, 9.17) is 11.6 Å². The van der Waals surface area contributed by atoms with E-state index in [0.29, 0.717) is 6.04 Å². The Morgan fingerprint density at radius 3 is 2.96 bits per heavy atom. The van der Waals surface area contributed by atoms with Gasteiger partial charge in [0.25, 0.3) is 0 Å². The van der Waals surface area contributed by atoms with Crippen molar-refractivity contribution in [1.82, 2.24) is 20.3 Å². The third-order valence-corrected chi connectivity index (χ3v) is 5.87. The third kappa shape index (κ3) is 2.55. The molecule has 4 atom stereocenters. The number of nitrogens with one attached hydrogen (secondary N) is 1. The second-order valence-corrected chi connectivity index (χ2v) is 7.79. The van der Waals surface area contributed by atoms with E-state index in [1.54, 1.807) is 4.68 Å². The minimum atomic E-state index is -0.338. The van der Waals surface area contributed by atoms with Crippen molar-refractivity contribution in [1.29, 1.82) is 0 Å². The van der Waals surface area contributed by atoms with Crippen LogP contribution < -0.4 is 5.32 Å². The van der Waals surface area contributed by atoms with E-state index in [9.17, 15) is 5.11 Å². The van der Waals surface area contributed by atoms with Crippen LogP contribution in [0.2, 0.25) is 5.02 Å². The number of halogens is 1. The predicted molar refractivity (Wildman–Crippen MR) is 93.0 cm³/mol. The lowest BCUT2D eigenvalue weighted by molar-refractivity contribution is 0.0217. The Bertz CT molecular complexity index is 761. The maximum atomic E-state index is 11.0. The van der Waals surface area contributed by atoms with Crippen LogP contribution in [0.5, 0.6) is 0 Å². The van der Waals surface area contributed by atoms with Crippen LogP contribution in [-0.2, 0) is 18.9 Å². The van der Waals surface area contributed by atoms with Crippen molar-refractivity contribution in [2.75, 3.05) is 0 Å². The van der Waals surface area contributed by atoms with Gasteiger partial charge in [0, 0.05) is 29.7 Å². The quantitative estimate of drug-likeness (QED) is 0.833. The monoisotopic (exact) mass is 346 g/mol. The molecule has 128 valence electrons. The molecule has 1 aliphatic carbocycles. The van der Waals surface area contributed by atoms with E-state index in [2.05, 4.69) is 34.7 Å². The molecule has 0 saturated carbocycles. The summed E-state index contributed by atoms with van der Waals surface area (Å²) in [6, 6.07) is 6.52. The van der Waals surface area contributed by atoms with Gasteiger partial charge in [-0.15, -0.1) is 5.10 Å². The largest absolute Gasteiger partial charge is 0.392 e. The van der Waals surface area contributed by atoms with Gasteiger partial charge in [0.05, 0.1) is 17.8 Å². The number of nitrogens with zero attached hydrogens (tertiary/aromatic N) is 3. The first kappa shape index (κ1) is 16.1. The van der Waals surface area contributed by atoms with Crippen LogP contribution in [0.3, 0.4) is 0 Å². The molecule has 24 heavy (non-hydrogen) atoms. The Hall–Kier alpha value is -1.43. The summed E-state index contributed by atoms with van der Waals surface area (Å²) >= 11 is 6.20. The van der Waals surface area contributed by atoms with Gasteiger partial charge in [-0.2, -0.15) is 0 Å². The normalized spacial score (nSPS) is 32.8. The predicted octanol–water partition coefficient (Wildman–Crippen LogP) is 2.53. The summed E-state index contributed by atoms with van der Waals surface area (Å²) in [5.41, 5.74) is 3.23. The van der Waals surface area contributed by atoms with Crippen LogP contribution in [0.4, 0.5) is 0 Å². The van der Waals surface area contributed by atoms with Crippen molar-refractivity contribution in [2.45, 2.75) is 56.2 Å². The van der Waals surface area contributed by atoms with Gasteiger partial charge in [-0.25, -0.2) is 0 Å². The highest BCUT2D eigenvalue weighted by Crippen LogP contribution is 2.49. The van der Waals surface area contributed by atoms with Gasteiger partial charge in [0.15, 0.2) is 0 Å². The van der Waals surface area contributed by atoms with Crippen molar-refractivity contribution in [3.05, 3.63) is 46.2 Å². The topological polar surface area (TPSA) is 63.0 Å². The highest BCUT2D eigenvalue weighted by molar-refractivity contribution is 6.30. The van der Waals surface area contributed by atoms with E-state index in [-0.39, 0.29) is 17.6 Å². The van der Waals surface area contributed by atoms with Crippen molar-refractivity contribution in [3.63, 3.8) is 0 Å². The summed E-state index contributed by atoms with van der Waals surface area (Å²) in [5.74, 6) is 0. The Kier molecular flexibility index (Phi) is 3.90. The lowest BCUT2D eigenvalue weighted by Gasteiger charge is -2.50. The number of benzene rings is 1. The van der Waals surface area contributed by atoms with Gasteiger partial charge in [0.2, 0.25) is 0 Å². The molecule has 1 saturated heterocycles. The van der Waals surface area contributed by atoms with Gasteiger partial charge >= 0.3 is 0 Å². The number of aryl methyl sites for hydroxylation is 2. The molecular weight excluding hydrogens is 324 g/mol. The van der Waals surface area contributed by atoms with Gasteiger partial charge < -0.3 is 10.4 Å². The van der Waals surface area contributed by atoms with E-state index in [1.165, 1.54) is 11.1 Å². The first-order chi connectivity index (χ1) is 11.5. The standard InChI is InChI=1S/C18H23ClN4O/c1-11-8-18(9-15(20-11)16-10-23(2)22-21-16)14-5-4-13(19)7-12(14)3-6-17(18)24/h4-5,7,10-11,15,17,20,24H,3,6,8-9H2,1-2H3/t11-,15-,17?,18?/m0/s1. The lowest BCUT2D eigenvalue weighted by Crippen LogP contribution is -2.54. The Morgan fingerprint density at radius 1 is 1.38 bits per heavy atom. The molecule has 2 heterocycles. The van der Waals surface area contributed by atoms with Crippen LogP contribution in [-0.4, -0.2) is 32.2 Å². The van der Waals surface area contributed by atoms with E-state index < -0.39 is 0 Å². The molecule has 0 radical (unpaired) electrons. The summed E-state index contributed by atoms with van der Waals surface area (Å²) in [7, 11) is 1.88. The van der Waals surface area contributed by atoms with Gasteiger partial charge in [-0.1, -0.05) is 22.9 Å². The van der Waals surface area contributed by atoms with Crippen LogP contribution in [0.15, 0.2) is 24.4 Å². The third-order valence-electron chi connectivity index (χ3n) is 5.63. The molecule has 2 aromatic rings. The summed E-state index contributed by atoms with van der Waals surface area (Å²) < 4.78 is 1.73. The molecule has 1 aliphatic heterocycles. The Balaban J connectivity index is 1.78. The SMILES string of the molecule is C[C@H]1CC2(C[C@@H](c3cn(C)nn3)N1)c1ccc(Cl)cc1CCC2O. The molecule has 6 heteroatoms. The van der Waals surface area contributed by atoms with Crippen molar-refractivity contribution in [3.8, 4) is 0 Å². The summed E-state index contributed by atoms with van der Waals surface area (Å²) in [4.78, 5) is 0. The average Bonchev–Trinajstić information content (AvgIpc) is 2.97. The zero-order valence-electron chi connectivity index (χ0n) is 14.0. The van der Waals surface area contributed by atoms with Crippen LogP contribution >= 0.6 is 11.6 Å². The van der Waals surface area contributed by atoms with E-state index >= 15 is 0 Å². The number of hydrogen-bond acceptors (Lipinski definition) is 4. The molecule has 0 bridgehead atoms. The van der Waals surface area contributed by atoms with Crippen molar-refractivity contribution < 1.29 is 5.11 Å². The maximum Gasteiger partial charge on any atom is 0.0996 e. The fourth-order valence-corrected chi connectivity index (χ4v) is 4.86. The van der Waals surface area contributed by atoms with Gasteiger partial charge in [0.1, 0.15) is 0 Å². The molecule has 2 aliphatic rings. The Labute approximate surface area is 147 Å². The van der Waals surface area contributed by atoms with Crippen LogP contribution in [0, 0.1) is 0 Å². The second-order valence-electron chi connectivity index (χ2n) is 7.36. The average molecular weight is 347 g/mol. The summed E-state index contributed by atoms with van der Waals surface area (Å²) in [5, 5.41) is 23.8.